The fraction of sp³-hybridized carbons (Fsp3) is 0.333. The summed E-state index contributed by atoms with van der Waals surface area (Å²) in [4.78, 5) is 18.6. The molecular weight excluding hydrogens is 240 g/mol. The number of carbonyl (C=O) groups excluding carboxylic acids is 1. The molecule has 100 valence electrons. The van der Waals surface area contributed by atoms with Gasteiger partial charge in [-0.3, -0.25) is 0 Å². The number of fused-ring (bicyclic) bond motifs is 1. The molecule has 1 aromatic carbocycles. The highest BCUT2D eigenvalue weighted by molar-refractivity contribution is 5.86. The van der Waals surface area contributed by atoms with Crippen LogP contribution in [0.25, 0.3) is 10.9 Å². The maximum Gasteiger partial charge on any atom is 0.331 e. The van der Waals surface area contributed by atoms with Crippen LogP contribution in [-0.2, 0) is 9.63 Å². The monoisotopic (exact) mass is 258 g/mol. The van der Waals surface area contributed by atoms with E-state index in [1.807, 2.05) is 25.3 Å². The standard InChI is InChI=1S/C15H18N2O2/c1-10(8-11(2)17-19-12(3)18)14-9-16-15-7-5-4-6-13(14)15/h4-7,9-10,16H,8H2,1-3H3/b17-11+. The summed E-state index contributed by atoms with van der Waals surface area (Å²) < 4.78 is 0. The highest BCUT2D eigenvalue weighted by atomic mass is 16.7. The number of aromatic nitrogens is 1. The summed E-state index contributed by atoms with van der Waals surface area (Å²) in [7, 11) is 0. The van der Waals surface area contributed by atoms with Gasteiger partial charge in [0.25, 0.3) is 0 Å². The van der Waals surface area contributed by atoms with Crippen molar-refractivity contribution >= 4 is 22.6 Å². The lowest BCUT2D eigenvalue weighted by Gasteiger charge is -2.09. The van der Waals surface area contributed by atoms with Gasteiger partial charge in [0.15, 0.2) is 0 Å². The van der Waals surface area contributed by atoms with Crippen molar-refractivity contribution < 1.29 is 9.63 Å². The Labute approximate surface area is 112 Å². The molecule has 1 heterocycles. The Kier molecular flexibility index (Phi) is 4.00. The maximum absolute atomic E-state index is 10.7. The van der Waals surface area contributed by atoms with Crippen LogP contribution in [0.1, 0.15) is 38.7 Å². The van der Waals surface area contributed by atoms with Gasteiger partial charge in [0.2, 0.25) is 0 Å². The van der Waals surface area contributed by atoms with E-state index in [2.05, 4.69) is 34.0 Å². The van der Waals surface area contributed by atoms with Gasteiger partial charge in [0.05, 0.1) is 5.71 Å². The SMILES string of the molecule is CC(=O)O/N=C(\C)CC(C)c1c[nH]c2ccccc12. The molecule has 1 N–H and O–H groups in total. The number of H-pyrrole nitrogens is 1. The van der Waals surface area contributed by atoms with E-state index in [1.165, 1.54) is 17.9 Å². The predicted octanol–water partition coefficient (Wildman–Crippen LogP) is 3.60. The first-order valence-corrected chi connectivity index (χ1v) is 6.35. The highest BCUT2D eigenvalue weighted by Gasteiger charge is 2.12. The van der Waals surface area contributed by atoms with Gasteiger partial charge in [-0.1, -0.05) is 30.3 Å². The third kappa shape index (κ3) is 3.22. The quantitative estimate of drug-likeness (QED) is 0.517. The number of nitrogens with zero attached hydrogens (tertiary/aromatic N) is 1. The molecule has 1 unspecified atom stereocenters. The Morgan fingerprint density at radius 2 is 2.11 bits per heavy atom. The minimum Gasteiger partial charge on any atom is -0.361 e. The second-order valence-corrected chi connectivity index (χ2v) is 4.80. The van der Waals surface area contributed by atoms with Crippen LogP contribution < -0.4 is 0 Å². The van der Waals surface area contributed by atoms with Crippen molar-refractivity contribution in [1.82, 2.24) is 4.98 Å². The van der Waals surface area contributed by atoms with E-state index < -0.39 is 0 Å². The lowest BCUT2D eigenvalue weighted by Crippen LogP contribution is -2.03. The van der Waals surface area contributed by atoms with Crippen LogP contribution in [0.3, 0.4) is 0 Å². The molecule has 4 heteroatoms. The largest absolute Gasteiger partial charge is 0.361 e. The van der Waals surface area contributed by atoms with E-state index >= 15 is 0 Å². The van der Waals surface area contributed by atoms with Crippen molar-refractivity contribution in [3.8, 4) is 0 Å². The molecule has 2 aromatic rings. The second kappa shape index (κ2) is 5.69. The van der Waals surface area contributed by atoms with E-state index in [0.29, 0.717) is 5.92 Å². The number of benzene rings is 1. The Balaban J connectivity index is 2.14. The Hall–Kier alpha value is -2.10. The van der Waals surface area contributed by atoms with E-state index in [-0.39, 0.29) is 5.97 Å². The topological polar surface area (TPSA) is 54.4 Å². The van der Waals surface area contributed by atoms with Crippen molar-refractivity contribution in [2.45, 2.75) is 33.1 Å². The van der Waals surface area contributed by atoms with E-state index in [4.69, 9.17) is 0 Å². The van der Waals surface area contributed by atoms with E-state index in [9.17, 15) is 4.79 Å². The van der Waals surface area contributed by atoms with Crippen molar-refractivity contribution in [3.63, 3.8) is 0 Å². The molecule has 4 nitrogen and oxygen atoms in total. The molecule has 1 atom stereocenters. The molecule has 0 saturated heterocycles. The van der Waals surface area contributed by atoms with Crippen LogP contribution >= 0.6 is 0 Å². The fourth-order valence-electron chi connectivity index (χ4n) is 2.23. The number of oxime groups is 1. The Morgan fingerprint density at radius 3 is 2.84 bits per heavy atom. The predicted molar refractivity (Wildman–Crippen MR) is 76.2 cm³/mol. The zero-order valence-corrected chi connectivity index (χ0v) is 11.4. The summed E-state index contributed by atoms with van der Waals surface area (Å²) >= 11 is 0. The minimum atomic E-state index is -0.390. The molecule has 2 rings (SSSR count). The Bertz CT molecular complexity index is 613. The van der Waals surface area contributed by atoms with Crippen LogP contribution in [0, 0.1) is 0 Å². The molecule has 0 bridgehead atoms. The molecule has 0 aliphatic heterocycles. The zero-order chi connectivity index (χ0) is 13.8. The van der Waals surface area contributed by atoms with Crippen molar-refractivity contribution in [1.29, 1.82) is 0 Å². The molecule has 0 radical (unpaired) electrons. The molecule has 1 aromatic heterocycles. The van der Waals surface area contributed by atoms with Crippen LogP contribution in [0.15, 0.2) is 35.6 Å². The van der Waals surface area contributed by atoms with Gasteiger partial charge in [-0.25, -0.2) is 4.79 Å². The lowest BCUT2D eigenvalue weighted by molar-refractivity contribution is -0.140. The van der Waals surface area contributed by atoms with Gasteiger partial charge in [0.1, 0.15) is 0 Å². The average Bonchev–Trinajstić information content (AvgIpc) is 2.80. The number of hydrogen-bond acceptors (Lipinski definition) is 3. The lowest BCUT2D eigenvalue weighted by atomic mass is 9.95. The number of nitrogens with one attached hydrogen (secondary N) is 1. The van der Waals surface area contributed by atoms with Crippen LogP contribution in [0.2, 0.25) is 0 Å². The van der Waals surface area contributed by atoms with Gasteiger partial charge in [-0.2, -0.15) is 0 Å². The normalized spacial score (nSPS) is 13.5. The average molecular weight is 258 g/mol. The van der Waals surface area contributed by atoms with E-state index in [1.54, 1.807) is 0 Å². The summed E-state index contributed by atoms with van der Waals surface area (Å²) in [5, 5.41) is 5.04. The van der Waals surface area contributed by atoms with Gasteiger partial charge in [0, 0.05) is 24.0 Å². The molecule has 0 aliphatic carbocycles. The molecule has 0 amide bonds. The van der Waals surface area contributed by atoms with Crippen LogP contribution in [-0.4, -0.2) is 16.7 Å². The van der Waals surface area contributed by atoms with Gasteiger partial charge >= 0.3 is 5.97 Å². The number of carbonyl (C=O) groups is 1. The third-order valence-corrected chi connectivity index (χ3v) is 3.08. The molecule has 0 spiro atoms. The summed E-state index contributed by atoms with van der Waals surface area (Å²) in [5.41, 5.74) is 3.21. The number of aromatic amines is 1. The summed E-state index contributed by atoms with van der Waals surface area (Å²) in [5.74, 6) is -0.0745. The smallest absolute Gasteiger partial charge is 0.331 e. The minimum absolute atomic E-state index is 0.315. The number of rotatable bonds is 4. The molecular formula is C15H18N2O2. The first kappa shape index (κ1) is 13.3. The number of hydrogen-bond donors (Lipinski definition) is 1. The summed E-state index contributed by atoms with van der Waals surface area (Å²) in [6.07, 6.45) is 2.80. The van der Waals surface area contributed by atoms with Gasteiger partial charge in [-0.15, -0.1) is 0 Å². The highest BCUT2D eigenvalue weighted by Crippen LogP contribution is 2.27. The van der Waals surface area contributed by atoms with Gasteiger partial charge < -0.3 is 9.82 Å². The van der Waals surface area contributed by atoms with Crippen molar-refractivity contribution in [2.75, 3.05) is 0 Å². The van der Waals surface area contributed by atoms with Crippen LogP contribution in [0.4, 0.5) is 0 Å². The molecule has 0 fully saturated rings. The maximum atomic E-state index is 10.7. The molecule has 0 saturated carbocycles. The second-order valence-electron chi connectivity index (χ2n) is 4.80. The summed E-state index contributed by atoms with van der Waals surface area (Å²) in [6.45, 7) is 5.36. The van der Waals surface area contributed by atoms with Crippen molar-refractivity contribution in [3.05, 3.63) is 36.0 Å². The number of para-hydroxylation sites is 1. The molecule has 0 aliphatic rings. The van der Waals surface area contributed by atoms with E-state index in [0.717, 1.165) is 17.6 Å². The third-order valence-electron chi connectivity index (χ3n) is 3.08. The van der Waals surface area contributed by atoms with Gasteiger partial charge in [-0.05, 0) is 30.9 Å². The first-order chi connectivity index (χ1) is 9.08. The van der Waals surface area contributed by atoms with Crippen LogP contribution in [0.5, 0.6) is 0 Å². The first-order valence-electron chi connectivity index (χ1n) is 6.35. The Morgan fingerprint density at radius 1 is 1.37 bits per heavy atom. The summed E-state index contributed by atoms with van der Waals surface area (Å²) in [6, 6.07) is 8.22. The van der Waals surface area contributed by atoms with Crippen molar-refractivity contribution in [2.24, 2.45) is 5.16 Å². The molecule has 19 heavy (non-hydrogen) atoms. The fourth-order valence-corrected chi connectivity index (χ4v) is 2.23. The zero-order valence-electron chi connectivity index (χ0n) is 11.4.